The van der Waals surface area contributed by atoms with Gasteiger partial charge in [-0.25, -0.2) is 0 Å². The Hall–Kier alpha value is -2.30. The number of H-pyrrole nitrogens is 1. The Balaban J connectivity index is 1.90. The van der Waals surface area contributed by atoms with Crippen molar-refractivity contribution >= 4 is 44.2 Å². The van der Waals surface area contributed by atoms with Crippen LogP contribution in [0.25, 0.3) is 32.6 Å². The lowest BCUT2D eigenvalue weighted by Crippen LogP contribution is -2.19. The van der Waals surface area contributed by atoms with Crippen molar-refractivity contribution < 1.29 is 4.74 Å². The summed E-state index contributed by atoms with van der Waals surface area (Å²) in [5, 5.41) is 5.03. The third-order valence-corrected chi connectivity index (χ3v) is 4.81. The number of fused-ring (bicyclic) bond motifs is 5. The number of nitrogens with one attached hydrogen (secondary N) is 1. The van der Waals surface area contributed by atoms with E-state index in [1.165, 1.54) is 0 Å². The summed E-state index contributed by atoms with van der Waals surface area (Å²) in [5.74, 6) is 0.799. The largest absolute Gasteiger partial charge is 0.492 e. The first kappa shape index (κ1) is 16.2. The highest BCUT2D eigenvalue weighted by Crippen LogP contribution is 2.38. The van der Waals surface area contributed by atoms with E-state index in [1.54, 1.807) is 0 Å². The molecule has 0 saturated carbocycles. The molecule has 0 aliphatic rings. The number of hydrogen-bond donors (Lipinski definition) is 1. The lowest BCUT2D eigenvalue weighted by atomic mass is 10.0. The van der Waals surface area contributed by atoms with Crippen molar-refractivity contribution in [3.8, 4) is 5.75 Å². The van der Waals surface area contributed by atoms with E-state index in [0.29, 0.717) is 11.6 Å². The molecule has 0 atom stereocenters. The first-order valence-electron chi connectivity index (χ1n) is 8.30. The summed E-state index contributed by atoms with van der Waals surface area (Å²) in [6.07, 6.45) is 3.77. The molecule has 1 N–H and O–H groups in total. The number of hydrogen-bond acceptors (Lipinski definition) is 3. The molecule has 0 spiro atoms. The Bertz CT molecular complexity index is 1080. The van der Waals surface area contributed by atoms with Gasteiger partial charge in [-0.05, 0) is 50.2 Å². The predicted molar refractivity (Wildman–Crippen MR) is 105 cm³/mol. The Labute approximate surface area is 151 Å². The van der Waals surface area contributed by atoms with Gasteiger partial charge in [-0.1, -0.05) is 17.7 Å². The van der Waals surface area contributed by atoms with Crippen LogP contribution in [0, 0.1) is 6.92 Å². The standard InChI is InChI=1S/C20H20ClN3O/c1-12-10-22-11-15-19-17(23-20(12)15)5-4-13-8-14(9-16(21)18(13)19)25-7-6-24(2)3/h4-5,8-11,23H,6-7H2,1-3H3. The van der Waals surface area contributed by atoms with Gasteiger partial charge in [-0.2, -0.15) is 0 Å². The van der Waals surface area contributed by atoms with Crippen LogP contribution in [0.2, 0.25) is 5.02 Å². The van der Waals surface area contributed by atoms with Gasteiger partial charge in [0, 0.05) is 40.6 Å². The molecule has 128 valence electrons. The molecule has 2 aromatic carbocycles. The maximum atomic E-state index is 6.66. The summed E-state index contributed by atoms with van der Waals surface area (Å²) in [7, 11) is 4.06. The van der Waals surface area contributed by atoms with E-state index in [9.17, 15) is 0 Å². The molecule has 0 amide bonds. The second-order valence-electron chi connectivity index (χ2n) is 6.65. The molecule has 4 aromatic rings. The van der Waals surface area contributed by atoms with Crippen LogP contribution in [0.1, 0.15) is 5.56 Å². The molecule has 2 aromatic heterocycles. The van der Waals surface area contributed by atoms with E-state index < -0.39 is 0 Å². The number of nitrogens with zero attached hydrogens (tertiary/aromatic N) is 2. The molecule has 5 heteroatoms. The molecule has 4 rings (SSSR count). The molecule has 0 aliphatic carbocycles. The second kappa shape index (κ2) is 6.21. The van der Waals surface area contributed by atoms with Crippen LogP contribution < -0.4 is 4.74 Å². The Morgan fingerprint density at radius 2 is 2.00 bits per heavy atom. The first-order valence-corrected chi connectivity index (χ1v) is 8.68. The van der Waals surface area contributed by atoms with Gasteiger partial charge >= 0.3 is 0 Å². The lowest BCUT2D eigenvalue weighted by Gasteiger charge is -2.12. The number of aryl methyl sites for hydroxylation is 1. The maximum absolute atomic E-state index is 6.66. The van der Waals surface area contributed by atoms with Crippen LogP contribution in [-0.2, 0) is 0 Å². The average molecular weight is 354 g/mol. The molecule has 0 saturated heterocycles. The summed E-state index contributed by atoms with van der Waals surface area (Å²) in [6.45, 7) is 3.56. The number of aromatic amines is 1. The summed E-state index contributed by atoms with van der Waals surface area (Å²) < 4.78 is 5.86. The number of likely N-dealkylation sites (N-methyl/N-ethyl adjacent to an activating group) is 1. The van der Waals surface area contributed by atoms with Gasteiger partial charge in [0.1, 0.15) is 12.4 Å². The molecular formula is C20H20ClN3O. The Morgan fingerprint density at radius 1 is 1.16 bits per heavy atom. The third kappa shape index (κ3) is 2.81. The number of halogens is 1. The minimum absolute atomic E-state index is 0.632. The quantitative estimate of drug-likeness (QED) is 0.574. The fourth-order valence-corrected chi connectivity index (χ4v) is 3.57. The zero-order chi connectivity index (χ0) is 17.6. The van der Waals surface area contributed by atoms with Gasteiger partial charge in [0.25, 0.3) is 0 Å². The maximum Gasteiger partial charge on any atom is 0.121 e. The predicted octanol–water partition coefficient (Wildman–Crippen LogP) is 4.77. The van der Waals surface area contributed by atoms with Gasteiger partial charge in [-0.15, -0.1) is 0 Å². The highest BCUT2D eigenvalue weighted by Gasteiger charge is 2.13. The van der Waals surface area contributed by atoms with Crippen molar-refractivity contribution in [2.45, 2.75) is 6.92 Å². The lowest BCUT2D eigenvalue weighted by molar-refractivity contribution is 0.261. The SMILES string of the molecule is Cc1cncc2c1[nH]c1ccc3cc(OCCN(C)C)cc(Cl)c3c12. The molecule has 25 heavy (non-hydrogen) atoms. The third-order valence-electron chi connectivity index (χ3n) is 4.51. The number of rotatable bonds is 4. The van der Waals surface area contributed by atoms with Crippen molar-refractivity contribution in [3.05, 3.63) is 47.2 Å². The van der Waals surface area contributed by atoms with Crippen molar-refractivity contribution in [2.75, 3.05) is 27.2 Å². The van der Waals surface area contributed by atoms with E-state index in [0.717, 1.165) is 50.4 Å². The minimum atomic E-state index is 0.632. The zero-order valence-electron chi connectivity index (χ0n) is 14.6. The van der Waals surface area contributed by atoms with E-state index in [2.05, 4.69) is 40.0 Å². The van der Waals surface area contributed by atoms with Crippen LogP contribution in [0.4, 0.5) is 0 Å². The van der Waals surface area contributed by atoms with Crippen molar-refractivity contribution in [1.82, 2.24) is 14.9 Å². The first-order chi connectivity index (χ1) is 12.0. The number of ether oxygens (including phenoxy) is 1. The van der Waals surface area contributed by atoms with Gasteiger partial charge < -0.3 is 14.6 Å². The van der Waals surface area contributed by atoms with Crippen molar-refractivity contribution in [3.63, 3.8) is 0 Å². The summed E-state index contributed by atoms with van der Waals surface area (Å²) >= 11 is 6.66. The second-order valence-corrected chi connectivity index (χ2v) is 7.05. The van der Waals surface area contributed by atoms with Gasteiger partial charge in [0.15, 0.2) is 0 Å². The Kier molecular flexibility index (Phi) is 4.02. The summed E-state index contributed by atoms with van der Waals surface area (Å²) in [6, 6.07) is 8.14. The van der Waals surface area contributed by atoms with Crippen molar-refractivity contribution in [2.24, 2.45) is 0 Å². The number of aromatic nitrogens is 2. The Morgan fingerprint density at radius 3 is 2.80 bits per heavy atom. The zero-order valence-corrected chi connectivity index (χ0v) is 15.3. The van der Waals surface area contributed by atoms with Crippen LogP contribution in [0.5, 0.6) is 5.75 Å². The monoisotopic (exact) mass is 353 g/mol. The van der Waals surface area contributed by atoms with E-state index in [1.807, 2.05) is 32.6 Å². The fraction of sp³-hybridized carbons (Fsp3) is 0.250. The average Bonchev–Trinajstić information content (AvgIpc) is 2.94. The van der Waals surface area contributed by atoms with Crippen LogP contribution in [0.3, 0.4) is 0 Å². The summed E-state index contributed by atoms with van der Waals surface area (Å²) in [5.41, 5.74) is 3.31. The molecule has 0 radical (unpaired) electrons. The molecule has 4 nitrogen and oxygen atoms in total. The number of benzene rings is 2. The fourth-order valence-electron chi connectivity index (χ4n) is 3.26. The van der Waals surface area contributed by atoms with Gasteiger partial charge in [0.2, 0.25) is 0 Å². The van der Waals surface area contributed by atoms with Crippen LogP contribution in [0.15, 0.2) is 36.7 Å². The molecular weight excluding hydrogens is 334 g/mol. The molecule has 0 unspecified atom stereocenters. The normalized spacial score (nSPS) is 11.9. The number of pyridine rings is 1. The summed E-state index contributed by atoms with van der Waals surface area (Å²) in [4.78, 5) is 9.94. The van der Waals surface area contributed by atoms with Crippen LogP contribution >= 0.6 is 11.6 Å². The van der Waals surface area contributed by atoms with E-state index in [4.69, 9.17) is 16.3 Å². The highest BCUT2D eigenvalue weighted by atomic mass is 35.5. The van der Waals surface area contributed by atoms with Crippen molar-refractivity contribution in [1.29, 1.82) is 0 Å². The van der Waals surface area contributed by atoms with Crippen LogP contribution in [-0.4, -0.2) is 42.1 Å². The van der Waals surface area contributed by atoms with Gasteiger partial charge in [0.05, 0.1) is 10.5 Å². The highest BCUT2D eigenvalue weighted by molar-refractivity contribution is 6.39. The van der Waals surface area contributed by atoms with E-state index in [-0.39, 0.29) is 0 Å². The van der Waals surface area contributed by atoms with E-state index >= 15 is 0 Å². The minimum Gasteiger partial charge on any atom is -0.492 e. The van der Waals surface area contributed by atoms with Gasteiger partial charge in [-0.3, -0.25) is 4.98 Å². The molecule has 0 bridgehead atoms. The molecule has 0 aliphatic heterocycles. The topological polar surface area (TPSA) is 41.1 Å². The smallest absolute Gasteiger partial charge is 0.121 e. The molecule has 2 heterocycles. The molecule has 0 fully saturated rings.